The van der Waals surface area contributed by atoms with Crippen molar-refractivity contribution in [3.63, 3.8) is 0 Å². The molecule has 1 saturated heterocycles. The molecule has 2 nitrogen and oxygen atoms in total. The Morgan fingerprint density at radius 2 is 2.00 bits per heavy atom. The van der Waals surface area contributed by atoms with Crippen molar-refractivity contribution >= 4 is 0 Å². The molecule has 0 aromatic rings. The summed E-state index contributed by atoms with van der Waals surface area (Å²) in [5.41, 5.74) is 1.59. The normalized spacial score (nSPS) is 33.8. The van der Waals surface area contributed by atoms with E-state index in [1.165, 1.54) is 19.4 Å². The number of allylic oxidation sites excluding steroid dienone is 1. The second-order valence-electron chi connectivity index (χ2n) is 5.64. The van der Waals surface area contributed by atoms with E-state index in [-0.39, 0.29) is 6.10 Å². The highest BCUT2D eigenvalue weighted by atomic mass is 16.3. The van der Waals surface area contributed by atoms with E-state index in [4.69, 9.17) is 0 Å². The summed E-state index contributed by atoms with van der Waals surface area (Å²) in [6.45, 7) is 8.05. The van der Waals surface area contributed by atoms with Gasteiger partial charge in [-0.1, -0.05) is 18.6 Å². The molecule has 0 unspecified atom stereocenters. The van der Waals surface area contributed by atoms with Crippen LogP contribution in [-0.2, 0) is 0 Å². The molecular formula is C14H25NO. The Kier molecular flexibility index (Phi) is 4.04. The topological polar surface area (TPSA) is 23.5 Å². The van der Waals surface area contributed by atoms with E-state index in [9.17, 15) is 5.11 Å². The third-order valence-electron chi connectivity index (χ3n) is 4.37. The van der Waals surface area contributed by atoms with Crippen molar-refractivity contribution in [3.05, 3.63) is 11.6 Å². The van der Waals surface area contributed by atoms with Crippen LogP contribution in [0.3, 0.4) is 0 Å². The molecule has 0 bridgehead atoms. The lowest BCUT2D eigenvalue weighted by Gasteiger charge is -2.36. The molecule has 2 atom stereocenters. The second-order valence-corrected chi connectivity index (χ2v) is 5.64. The second kappa shape index (κ2) is 5.33. The summed E-state index contributed by atoms with van der Waals surface area (Å²) in [6, 6.07) is 0. The number of nitrogens with zero attached hydrogens (tertiary/aromatic N) is 1. The zero-order valence-corrected chi connectivity index (χ0v) is 10.7. The van der Waals surface area contributed by atoms with Crippen molar-refractivity contribution in [2.24, 2.45) is 11.8 Å². The predicted octanol–water partition coefficient (Wildman–Crippen LogP) is 2.44. The minimum absolute atomic E-state index is 0.0448. The molecule has 92 valence electrons. The summed E-state index contributed by atoms with van der Waals surface area (Å²) in [7, 11) is 0. The Labute approximate surface area is 99.3 Å². The number of hydrogen-bond donors (Lipinski definition) is 1. The molecule has 2 rings (SSSR count). The van der Waals surface area contributed by atoms with Gasteiger partial charge in [-0.2, -0.15) is 0 Å². The van der Waals surface area contributed by atoms with E-state index in [2.05, 4.69) is 24.8 Å². The van der Waals surface area contributed by atoms with Gasteiger partial charge in [-0.05, 0) is 44.4 Å². The number of piperidine rings is 1. The Balaban J connectivity index is 1.88. The molecule has 1 aliphatic heterocycles. The van der Waals surface area contributed by atoms with Gasteiger partial charge < -0.3 is 10.0 Å². The van der Waals surface area contributed by atoms with Crippen LogP contribution >= 0.6 is 0 Å². The van der Waals surface area contributed by atoms with Crippen molar-refractivity contribution in [2.45, 2.75) is 45.6 Å². The summed E-state index contributed by atoms with van der Waals surface area (Å²) in [4.78, 5) is 2.54. The molecular weight excluding hydrogens is 198 g/mol. The molecule has 16 heavy (non-hydrogen) atoms. The minimum atomic E-state index is -0.0448. The van der Waals surface area contributed by atoms with Crippen LogP contribution in [0.2, 0.25) is 0 Å². The summed E-state index contributed by atoms with van der Waals surface area (Å²) < 4.78 is 0. The first-order valence-electron chi connectivity index (χ1n) is 6.74. The maximum absolute atomic E-state index is 9.50. The highest BCUT2D eigenvalue weighted by Crippen LogP contribution is 2.31. The zero-order chi connectivity index (χ0) is 11.5. The van der Waals surface area contributed by atoms with E-state index < -0.39 is 0 Å². The molecule has 0 radical (unpaired) electrons. The van der Waals surface area contributed by atoms with E-state index in [0.717, 1.165) is 37.8 Å². The first kappa shape index (κ1) is 12.1. The van der Waals surface area contributed by atoms with Gasteiger partial charge in [0, 0.05) is 19.6 Å². The van der Waals surface area contributed by atoms with Gasteiger partial charge in [0.15, 0.2) is 0 Å². The van der Waals surface area contributed by atoms with Crippen LogP contribution in [-0.4, -0.2) is 35.7 Å². The van der Waals surface area contributed by atoms with Crippen LogP contribution < -0.4 is 0 Å². The van der Waals surface area contributed by atoms with E-state index in [1.807, 2.05) is 0 Å². The van der Waals surface area contributed by atoms with Gasteiger partial charge in [0.1, 0.15) is 0 Å². The maximum atomic E-state index is 9.50. The quantitative estimate of drug-likeness (QED) is 0.727. The molecule has 0 aromatic carbocycles. The van der Waals surface area contributed by atoms with Gasteiger partial charge in [0.05, 0.1) is 6.10 Å². The number of aliphatic hydroxyl groups is 1. The van der Waals surface area contributed by atoms with E-state index in [0.29, 0.717) is 0 Å². The lowest BCUT2D eigenvalue weighted by Crippen LogP contribution is -2.40. The largest absolute Gasteiger partial charge is 0.393 e. The van der Waals surface area contributed by atoms with Gasteiger partial charge in [0.25, 0.3) is 0 Å². The fraction of sp³-hybridized carbons (Fsp3) is 0.857. The molecule has 1 fully saturated rings. The molecule has 1 aliphatic carbocycles. The average Bonchev–Trinajstić information content (AvgIpc) is 2.26. The standard InChI is InChI=1S/C14H25NO/c1-11-4-3-5-12(2)14(11)10-15-8-6-13(16)7-9-15/h4,12-14,16H,3,5-10H2,1-2H3/t12-,14+/m0/s1. The molecule has 0 spiro atoms. The number of hydrogen-bond acceptors (Lipinski definition) is 2. The predicted molar refractivity (Wildman–Crippen MR) is 67.3 cm³/mol. The number of aliphatic hydroxyl groups excluding tert-OH is 1. The van der Waals surface area contributed by atoms with Gasteiger partial charge >= 0.3 is 0 Å². The van der Waals surface area contributed by atoms with Gasteiger partial charge in [-0.3, -0.25) is 0 Å². The average molecular weight is 223 g/mol. The van der Waals surface area contributed by atoms with Crippen molar-refractivity contribution in [1.29, 1.82) is 0 Å². The van der Waals surface area contributed by atoms with Crippen LogP contribution in [0.1, 0.15) is 39.5 Å². The van der Waals surface area contributed by atoms with Crippen LogP contribution in [0.5, 0.6) is 0 Å². The van der Waals surface area contributed by atoms with Crippen molar-refractivity contribution in [2.75, 3.05) is 19.6 Å². The van der Waals surface area contributed by atoms with Crippen molar-refractivity contribution in [1.82, 2.24) is 4.90 Å². The van der Waals surface area contributed by atoms with E-state index in [1.54, 1.807) is 5.57 Å². The van der Waals surface area contributed by atoms with Crippen LogP contribution in [0.15, 0.2) is 11.6 Å². The smallest absolute Gasteiger partial charge is 0.0564 e. The molecule has 0 aromatic heterocycles. The lowest BCUT2D eigenvalue weighted by molar-refractivity contribution is 0.0721. The highest BCUT2D eigenvalue weighted by molar-refractivity contribution is 5.09. The summed E-state index contributed by atoms with van der Waals surface area (Å²) in [5.74, 6) is 1.58. The fourth-order valence-electron chi connectivity index (χ4n) is 3.08. The molecule has 0 saturated carbocycles. The third-order valence-corrected chi connectivity index (χ3v) is 4.37. The SMILES string of the molecule is CC1=CCC[C@H](C)[C@@H]1CN1CCC(O)CC1. The minimum Gasteiger partial charge on any atom is -0.393 e. The zero-order valence-electron chi connectivity index (χ0n) is 10.7. The molecule has 0 amide bonds. The summed E-state index contributed by atoms with van der Waals surface area (Å²) in [5, 5.41) is 9.50. The van der Waals surface area contributed by atoms with Crippen LogP contribution in [0.4, 0.5) is 0 Å². The highest BCUT2D eigenvalue weighted by Gasteiger charge is 2.26. The van der Waals surface area contributed by atoms with Gasteiger partial charge in [0.2, 0.25) is 0 Å². The molecule has 2 aliphatic rings. The molecule has 1 N–H and O–H groups in total. The number of likely N-dealkylation sites (tertiary alicyclic amines) is 1. The number of rotatable bonds is 2. The first-order valence-corrected chi connectivity index (χ1v) is 6.74. The van der Waals surface area contributed by atoms with Crippen molar-refractivity contribution < 1.29 is 5.11 Å². The monoisotopic (exact) mass is 223 g/mol. The Bertz CT molecular complexity index is 253. The Morgan fingerprint density at radius 3 is 2.62 bits per heavy atom. The summed E-state index contributed by atoms with van der Waals surface area (Å²) in [6.07, 6.45) is 6.91. The van der Waals surface area contributed by atoms with Crippen LogP contribution in [0, 0.1) is 11.8 Å². The van der Waals surface area contributed by atoms with E-state index >= 15 is 0 Å². The Hall–Kier alpha value is -0.340. The lowest BCUT2D eigenvalue weighted by atomic mass is 9.79. The van der Waals surface area contributed by atoms with Crippen molar-refractivity contribution in [3.8, 4) is 0 Å². The Morgan fingerprint density at radius 1 is 1.31 bits per heavy atom. The first-order chi connectivity index (χ1) is 7.66. The molecule has 2 heteroatoms. The summed E-state index contributed by atoms with van der Waals surface area (Å²) >= 11 is 0. The van der Waals surface area contributed by atoms with Crippen LogP contribution in [0.25, 0.3) is 0 Å². The van der Waals surface area contributed by atoms with Gasteiger partial charge in [-0.25, -0.2) is 0 Å². The fourth-order valence-corrected chi connectivity index (χ4v) is 3.08. The molecule has 1 heterocycles. The van der Waals surface area contributed by atoms with Gasteiger partial charge in [-0.15, -0.1) is 0 Å². The third kappa shape index (κ3) is 2.86. The maximum Gasteiger partial charge on any atom is 0.0564 e.